The molecule has 0 heterocycles. The largest absolute Gasteiger partial charge is 1.00 e. The molecule has 3 aliphatic carbocycles. The van der Waals surface area contributed by atoms with Crippen molar-refractivity contribution in [1.29, 1.82) is 0 Å². The van der Waals surface area contributed by atoms with Crippen LogP contribution in [0.4, 0.5) is 0 Å². The van der Waals surface area contributed by atoms with Gasteiger partial charge in [0.2, 0.25) is 0 Å². The third-order valence-corrected chi connectivity index (χ3v) is 18.1. The van der Waals surface area contributed by atoms with Crippen LogP contribution in [0.3, 0.4) is 0 Å². The summed E-state index contributed by atoms with van der Waals surface area (Å²) in [6.45, 7) is 48.1. The van der Waals surface area contributed by atoms with Gasteiger partial charge >= 0.3 is 29.6 Å². The summed E-state index contributed by atoms with van der Waals surface area (Å²) >= 11 is 0. The average molecular weight is 667 g/mol. The van der Waals surface area contributed by atoms with Crippen molar-refractivity contribution in [2.45, 2.75) is 156 Å². The van der Waals surface area contributed by atoms with Gasteiger partial charge in [-0.25, -0.2) is 8.42 Å². The zero-order chi connectivity index (χ0) is 35.7. The fourth-order valence-corrected chi connectivity index (χ4v) is 14.2. The van der Waals surface area contributed by atoms with Crippen LogP contribution in [0.2, 0.25) is 0 Å². The van der Waals surface area contributed by atoms with Gasteiger partial charge in [-0.1, -0.05) is 125 Å². The van der Waals surface area contributed by atoms with E-state index in [4.69, 9.17) is 4.18 Å². The van der Waals surface area contributed by atoms with Crippen molar-refractivity contribution in [1.82, 2.24) is 0 Å². The topological polar surface area (TPSA) is 83.5 Å². The fourth-order valence-electron chi connectivity index (χ4n) is 13.7. The SMILES string of the molecule is Cc1c(C)c2c(c(C)c1OS(=O)(=O)[O-])C(C)(C)C(C)(C)[C@@]1(C)[C@]3(C)C(C)(C)C(C)(C)C(=O)[C@@]3(C(C)(C)C)C(C)(C)C(C)(C)[C@]21C.[Na+]. The third-order valence-electron chi connectivity index (χ3n) is 17.7. The molecule has 0 unspecified atom stereocenters. The van der Waals surface area contributed by atoms with Crippen molar-refractivity contribution in [2.75, 3.05) is 0 Å². The summed E-state index contributed by atoms with van der Waals surface area (Å²) in [5, 5.41) is 0. The maximum Gasteiger partial charge on any atom is 1.00 e. The summed E-state index contributed by atoms with van der Waals surface area (Å²) in [6.07, 6.45) is 0. The molecule has 256 valence electrons. The summed E-state index contributed by atoms with van der Waals surface area (Å²) in [5.41, 5.74) is -0.949. The van der Waals surface area contributed by atoms with Crippen LogP contribution in [0.15, 0.2) is 0 Å². The number of rotatable bonds is 2. The number of carbonyl (C=O) groups is 1. The van der Waals surface area contributed by atoms with Gasteiger partial charge in [0.15, 0.2) is 0 Å². The Morgan fingerprint density at radius 3 is 1.39 bits per heavy atom. The Balaban J connectivity index is 0.00000576. The summed E-state index contributed by atoms with van der Waals surface area (Å²) in [4.78, 5) is 15.7. The molecule has 0 radical (unpaired) electrons. The first-order valence-corrected chi connectivity index (χ1v) is 18.2. The minimum Gasteiger partial charge on any atom is -0.716 e. The van der Waals surface area contributed by atoms with Crippen LogP contribution in [0.5, 0.6) is 5.75 Å². The van der Waals surface area contributed by atoms with Crippen LogP contribution in [0.25, 0.3) is 0 Å². The van der Waals surface area contributed by atoms with Gasteiger partial charge in [0.05, 0.1) is 0 Å². The molecule has 1 aromatic carbocycles. The molecule has 0 aliphatic heterocycles. The molecular weight excluding hydrogens is 603 g/mol. The van der Waals surface area contributed by atoms with Gasteiger partial charge in [-0.15, -0.1) is 0 Å². The van der Waals surface area contributed by atoms with Gasteiger partial charge < -0.3 is 8.74 Å². The molecule has 0 bridgehead atoms. The molecule has 0 saturated heterocycles. The number of ketones is 1. The number of fused-ring (bicyclic) bond motifs is 5. The van der Waals surface area contributed by atoms with Crippen LogP contribution in [-0.2, 0) is 26.0 Å². The minimum atomic E-state index is -4.99. The second-order valence-corrected chi connectivity index (χ2v) is 20.9. The quantitative estimate of drug-likeness (QED) is 0.198. The Morgan fingerprint density at radius 1 is 0.587 bits per heavy atom. The van der Waals surface area contributed by atoms with Crippen LogP contribution >= 0.6 is 0 Å². The van der Waals surface area contributed by atoms with Crippen molar-refractivity contribution >= 4 is 16.2 Å². The Morgan fingerprint density at radius 2 is 1.00 bits per heavy atom. The normalized spacial score (nSPS) is 36.2. The minimum absolute atomic E-state index is 0. The Hall–Kier alpha value is -0.400. The first kappa shape index (κ1) is 40.0. The summed E-state index contributed by atoms with van der Waals surface area (Å²) in [5.74, 6) is 0.516. The monoisotopic (exact) mass is 666 g/mol. The van der Waals surface area contributed by atoms with Crippen molar-refractivity contribution in [3.63, 3.8) is 0 Å². The molecule has 0 spiro atoms. The summed E-state index contributed by atoms with van der Waals surface area (Å²) in [6, 6.07) is 0. The number of Topliss-reactive ketones (excluding diaryl/α,β-unsaturated/α-hetero) is 1. The maximum absolute atomic E-state index is 15.7. The second kappa shape index (κ2) is 9.68. The molecule has 0 aromatic heterocycles. The Kier molecular flexibility index (Phi) is 8.42. The summed E-state index contributed by atoms with van der Waals surface area (Å²) < 4.78 is 41.4. The molecule has 5 nitrogen and oxygen atoms in total. The number of hydrogen-bond donors (Lipinski definition) is 0. The third kappa shape index (κ3) is 3.44. The smallest absolute Gasteiger partial charge is 0.716 e. The average Bonchev–Trinajstić information content (AvgIpc) is 2.93. The molecular formula is C39H63NaO5S. The van der Waals surface area contributed by atoms with Crippen LogP contribution in [-0.4, -0.2) is 18.8 Å². The van der Waals surface area contributed by atoms with E-state index >= 15 is 4.79 Å². The van der Waals surface area contributed by atoms with Gasteiger partial charge in [0.25, 0.3) is 10.4 Å². The van der Waals surface area contributed by atoms with Gasteiger partial charge in [-0.05, 0) is 91.9 Å². The zero-order valence-corrected chi connectivity index (χ0v) is 36.3. The van der Waals surface area contributed by atoms with E-state index in [0.717, 1.165) is 11.1 Å². The Labute approximate surface area is 304 Å². The van der Waals surface area contributed by atoms with Gasteiger partial charge in [-0.2, -0.15) is 0 Å². The zero-order valence-electron chi connectivity index (χ0n) is 33.4. The van der Waals surface area contributed by atoms with E-state index < -0.39 is 64.5 Å². The van der Waals surface area contributed by atoms with Crippen molar-refractivity contribution in [2.24, 2.45) is 48.7 Å². The molecule has 46 heavy (non-hydrogen) atoms. The molecule has 4 atom stereocenters. The molecule has 3 aliphatic rings. The Bertz CT molecular complexity index is 1640. The molecule has 0 N–H and O–H groups in total. The maximum atomic E-state index is 15.7. The number of hydrogen-bond acceptors (Lipinski definition) is 5. The molecule has 7 heteroatoms. The summed E-state index contributed by atoms with van der Waals surface area (Å²) in [7, 11) is -4.99. The van der Waals surface area contributed by atoms with Crippen molar-refractivity contribution in [3.8, 4) is 5.75 Å². The van der Waals surface area contributed by atoms with Crippen LogP contribution in [0.1, 0.15) is 152 Å². The van der Waals surface area contributed by atoms with Crippen molar-refractivity contribution in [3.05, 3.63) is 27.8 Å². The molecule has 0 amide bonds. The van der Waals surface area contributed by atoms with E-state index in [-0.39, 0.29) is 40.7 Å². The molecule has 2 fully saturated rings. The number of benzene rings is 1. The second-order valence-electron chi connectivity index (χ2n) is 19.9. The van der Waals surface area contributed by atoms with E-state index in [0.29, 0.717) is 16.9 Å². The predicted octanol–water partition coefficient (Wildman–Crippen LogP) is 6.78. The number of carbonyl (C=O) groups excluding carboxylic acids is 1. The van der Waals surface area contributed by atoms with Crippen LogP contribution < -0.4 is 33.7 Å². The molecule has 1 aromatic rings. The van der Waals surface area contributed by atoms with Gasteiger partial charge in [0, 0.05) is 16.2 Å². The predicted molar refractivity (Wildman–Crippen MR) is 183 cm³/mol. The van der Waals surface area contributed by atoms with E-state index in [2.05, 4.69) is 132 Å². The standard InChI is InChI=1S/C39H64O5S.Na/c1-22-23(2)27(44-45(41,42)43)24(3)25-26(22)36(19)34(15,16)35(17,18)39(29(4,5)6)28(40)31(9,10)33(13,14)38(39,21)37(36,20)32(11,12)30(25,7)8;/h1-21H3,(H,41,42,43);/q;+1/p-1/t36-,37+,38-,39+;/m0./s1. The van der Waals surface area contributed by atoms with E-state index in [1.165, 1.54) is 5.56 Å². The van der Waals surface area contributed by atoms with E-state index in [9.17, 15) is 13.0 Å². The molecule has 4 rings (SSSR count). The van der Waals surface area contributed by atoms with Gasteiger partial charge in [0.1, 0.15) is 11.5 Å². The fraction of sp³-hybridized carbons (Fsp3) is 0.821. The van der Waals surface area contributed by atoms with E-state index in [1.807, 2.05) is 13.8 Å². The van der Waals surface area contributed by atoms with Crippen molar-refractivity contribution < 1.29 is 51.5 Å². The first-order chi connectivity index (χ1) is 19.5. The van der Waals surface area contributed by atoms with Crippen LogP contribution in [0, 0.1) is 69.5 Å². The van der Waals surface area contributed by atoms with Gasteiger partial charge in [-0.3, -0.25) is 4.79 Å². The molecule has 2 saturated carbocycles. The van der Waals surface area contributed by atoms with E-state index in [1.54, 1.807) is 0 Å². The first-order valence-electron chi connectivity index (χ1n) is 16.8.